The lowest BCUT2D eigenvalue weighted by Crippen LogP contribution is -2.15. The molecule has 0 atom stereocenters. The predicted octanol–water partition coefficient (Wildman–Crippen LogP) is 3.39. The number of benzene rings is 1. The number of nitrogens with one attached hydrogen (secondary N) is 1. The topological polar surface area (TPSA) is 46.0 Å². The van der Waals surface area contributed by atoms with E-state index in [-0.39, 0.29) is 0 Å². The van der Waals surface area contributed by atoms with Crippen LogP contribution in [-0.4, -0.2) is 47.4 Å². The molecule has 2 heterocycles. The van der Waals surface area contributed by atoms with Crippen LogP contribution in [0.2, 0.25) is 0 Å². The molecule has 5 heteroatoms. The van der Waals surface area contributed by atoms with E-state index in [1.165, 1.54) is 0 Å². The van der Waals surface area contributed by atoms with Crippen molar-refractivity contribution in [1.29, 1.82) is 0 Å². The molecule has 0 amide bonds. The standard InChI is InChI=1S/C20H25N5/c1-15-19(16-10-12-22-17(14-16)11-13-24(3)4)23-25(20(15)21-2)18-8-6-5-7-9-18/h5-10,12,14,21H,11,13H2,1-4H3. The number of hydrogen-bond donors (Lipinski definition) is 1. The minimum Gasteiger partial charge on any atom is -0.373 e. The number of anilines is 1. The highest BCUT2D eigenvalue weighted by Crippen LogP contribution is 2.30. The third-order valence-electron chi connectivity index (χ3n) is 4.26. The second-order valence-electron chi connectivity index (χ2n) is 6.41. The molecule has 25 heavy (non-hydrogen) atoms. The van der Waals surface area contributed by atoms with E-state index in [1.807, 2.05) is 42.2 Å². The lowest BCUT2D eigenvalue weighted by molar-refractivity contribution is 0.412. The largest absolute Gasteiger partial charge is 0.373 e. The van der Waals surface area contributed by atoms with Crippen LogP contribution in [0.15, 0.2) is 48.7 Å². The van der Waals surface area contributed by atoms with Gasteiger partial charge in [-0.1, -0.05) is 18.2 Å². The summed E-state index contributed by atoms with van der Waals surface area (Å²) in [5.74, 6) is 1.01. The maximum atomic E-state index is 4.87. The Morgan fingerprint density at radius 1 is 1.12 bits per heavy atom. The van der Waals surface area contributed by atoms with Crippen molar-refractivity contribution in [1.82, 2.24) is 19.7 Å². The molecule has 0 saturated carbocycles. The zero-order valence-electron chi connectivity index (χ0n) is 15.3. The van der Waals surface area contributed by atoms with E-state index in [0.717, 1.165) is 47.0 Å². The van der Waals surface area contributed by atoms with Crippen molar-refractivity contribution in [2.24, 2.45) is 0 Å². The van der Waals surface area contributed by atoms with Gasteiger partial charge in [0.15, 0.2) is 0 Å². The highest BCUT2D eigenvalue weighted by molar-refractivity contribution is 5.70. The molecular weight excluding hydrogens is 310 g/mol. The Bertz CT molecular complexity index is 837. The van der Waals surface area contributed by atoms with Gasteiger partial charge in [-0.15, -0.1) is 0 Å². The SMILES string of the molecule is CNc1c(C)c(-c2ccnc(CCN(C)C)c2)nn1-c1ccccc1. The molecule has 5 nitrogen and oxygen atoms in total. The summed E-state index contributed by atoms with van der Waals surface area (Å²) in [5.41, 5.74) is 5.36. The normalized spacial score (nSPS) is 11.1. The first-order valence-corrected chi connectivity index (χ1v) is 8.53. The van der Waals surface area contributed by atoms with Crippen LogP contribution in [0.3, 0.4) is 0 Å². The Balaban J connectivity index is 2.01. The van der Waals surface area contributed by atoms with Crippen LogP contribution in [0.4, 0.5) is 5.82 Å². The van der Waals surface area contributed by atoms with Crippen molar-refractivity contribution in [3.05, 3.63) is 59.9 Å². The van der Waals surface area contributed by atoms with Gasteiger partial charge in [-0.05, 0) is 45.3 Å². The summed E-state index contributed by atoms with van der Waals surface area (Å²) in [6.45, 7) is 3.09. The molecular formula is C20H25N5. The maximum Gasteiger partial charge on any atom is 0.133 e. The van der Waals surface area contributed by atoms with Crippen molar-refractivity contribution in [2.45, 2.75) is 13.3 Å². The molecule has 130 valence electrons. The Labute approximate surface area is 149 Å². The summed E-state index contributed by atoms with van der Waals surface area (Å²) in [6.07, 6.45) is 2.80. The molecule has 0 aliphatic carbocycles. The number of rotatable bonds is 6. The minimum atomic E-state index is 0.929. The predicted molar refractivity (Wildman–Crippen MR) is 103 cm³/mol. The Morgan fingerprint density at radius 3 is 2.56 bits per heavy atom. The molecule has 3 rings (SSSR count). The van der Waals surface area contributed by atoms with Gasteiger partial charge in [0.05, 0.1) is 11.4 Å². The van der Waals surface area contributed by atoms with Crippen molar-refractivity contribution in [2.75, 3.05) is 33.0 Å². The van der Waals surface area contributed by atoms with Crippen LogP contribution in [0.25, 0.3) is 16.9 Å². The third-order valence-corrected chi connectivity index (χ3v) is 4.26. The van der Waals surface area contributed by atoms with Gasteiger partial charge >= 0.3 is 0 Å². The zero-order chi connectivity index (χ0) is 17.8. The van der Waals surface area contributed by atoms with Crippen molar-refractivity contribution < 1.29 is 0 Å². The van der Waals surface area contributed by atoms with Crippen LogP contribution < -0.4 is 5.32 Å². The first kappa shape index (κ1) is 17.2. The van der Waals surface area contributed by atoms with Gasteiger partial charge in [0.25, 0.3) is 0 Å². The number of pyridine rings is 1. The molecule has 0 unspecified atom stereocenters. The highest BCUT2D eigenvalue weighted by atomic mass is 15.3. The zero-order valence-corrected chi connectivity index (χ0v) is 15.3. The van der Waals surface area contributed by atoms with Gasteiger partial charge in [-0.25, -0.2) is 4.68 Å². The number of aromatic nitrogens is 3. The summed E-state index contributed by atoms with van der Waals surface area (Å²) in [7, 11) is 6.09. The van der Waals surface area contributed by atoms with Crippen LogP contribution in [0.1, 0.15) is 11.3 Å². The van der Waals surface area contributed by atoms with Crippen LogP contribution in [0, 0.1) is 6.92 Å². The Hall–Kier alpha value is -2.66. The van der Waals surface area contributed by atoms with Gasteiger partial charge in [-0.3, -0.25) is 4.98 Å². The lowest BCUT2D eigenvalue weighted by atomic mass is 10.1. The molecule has 0 saturated heterocycles. The first-order chi connectivity index (χ1) is 12.1. The number of nitrogens with zero attached hydrogens (tertiary/aromatic N) is 4. The molecule has 0 radical (unpaired) electrons. The lowest BCUT2D eigenvalue weighted by Gasteiger charge is -2.09. The van der Waals surface area contributed by atoms with Gasteiger partial charge in [0.2, 0.25) is 0 Å². The van der Waals surface area contributed by atoms with E-state index in [4.69, 9.17) is 5.10 Å². The molecule has 3 aromatic rings. The summed E-state index contributed by atoms with van der Waals surface area (Å²) < 4.78 is 1.96. The molecule has 0 aliphatic heterocycles. The smallest absolute Gasteiger partial charge is 0.133 e. The van der Waals surface area contributed by atoms with E-state index in [2.05, 4.69) is 54.4 Å². The van der Waals surface area contributed by atoms with Crippen LogP contribution >= 0.6 is 0 Å². The molecule has 0 fully saturated rings. The third kappa shape index (κ3) is 3.72. The van der Waals surface area contributed by atoms with E-state index < -0.39 is 0 Å². The van der Waals surface area contributed by atoms with E-state index in [9.17, 15) is 0 Å². The van der Waals surface area contributed by atoms with Crippen molar-refractivity contribution >= 4 is 5.82 Å². The Kier molecular flexibility index (Phi) is 5.14. The van der Waals surface area contributed by atoms with Gasteiger partial charge in [-0.2, -0.15) is 5.10 Å². The van der Waals surface area contributed by atoms with Crippen LogP contribution in [-0.2, 0) is 6.42 Å². The highest BCUT2D eigenvalue weighted by Gasteiger charge is 2.16. The average Bonchev–Trinajstić information content (AvgIpc) is 2.97. The monoisotopic (exact) mass is 335 g/mol. The van der Waals surface area contributed by atoms with Gasteiger partial charge in [0, 0.05) is 43.0 Å². The average molecular weight is 335 g/mol. The second kappa shape index (κ2) is 7.49. The molecule has 1 aromatic carbocycles. The van der Waals surface area contributed by atoms with Gasteiger partial charge < -0.3 is 10.2 Å². The number of hydrogen-bond acceptors (Lipinski definition) is 4. The van der Waals surface area contributed by atoms with Gasteiger partial charge in [0.1, 0.15) is 5.82 Å². The first-order valence-electron chi connectivity index (χ1n) is 8.53. The molecule has 1 N–H and O–H groups in total. The van der Waals surface area contributed by atoms with Crippen molar-refractivity contribution in [3.8, 4) is 16.9 Å². The summed E-state index contributed by atoms with van der Waals surface area (Å²) in [6, 6.07) is 14.4. The molecule has 0 aliphatic rings. The number of likely N-dealkylation sites (N-methyl/N-ethyl adjacent to an activating group) is 1. The van der Waals surface area contributed by atoms with E-state index >= 15 is 0 Å². The molecule has 0 bridgehead atoms. The van der Waals surface area contributed by atoms with E-state index in [0.29, 0.717) is 0 Å². The molecule has 0 spiro atoms. The number of para-hydroxylation sites is 1. The quantitative estimate of drug-likeness (QED) is 0.750. The summed E-state index contributed by atoms with van der Waals surface area (Å²) in [4.78, 5) is 6.67. The fourth-order valence-corrected chi connectivity index (χ4v) is 2.92. The summed E-state index contributed by atoms with van der Waals surface area (Å²) >= 11 is 0. The fraction of sp³-hybridized carbons (Fsp3) is 0.300. The summed E-state index contributed by atoms with van der Waals surface area (Å²) in [5, 5.41) is 8.16. The maximum absolute atomic E-state index is 4.87. The fourth-order valence-electron chi connectivity index (χ4n) is 2.92. The molecule has 2 aromatic heterocycles. The van der Waals surface area contributed by atoms with Crippen LogP contribution in [0.5, 0.6) is 0 Å². The second-order valence-corrected chi connectivity index (χ2v) is 6.41. The Morgan fingerprint density at radius 2 is 1.88 bits per heavy atom. The van der Waals surface area contributed by atoms with E-state index in [1.54, 1.807) is 0 Å². The van der Waals surface area contributed by atoms with Crippen molar-refractivity contribution in [3.63, 3.8) is 0 Å². The minimum absolute atomic E-state index is 0.929.